The molecule has 0 bridgehead atoms. The van der Waals surface area contributed by atoms with Crippen LogP contribution in [0.3, 0.4) is 0 Å². The topological polar surface area (TPSA) is 40.5 Å². The second-order valence-corrected chi connectivity index (χ2v) is 5.17. The molecule has 1 fully saturated rings. The van der Waals surface area contributed by atoms with Gasteiger partial charge in [0, 0.05) is 19.5 Å². The minimum absolute atomic E-state index is 0.0780. The van der Waals surface area contributed by atoms with Crippen molar-refractivity contribution in [1.29, 1.82) is 0 Å². The van der Waals surface area contributed by atoms with Gasteiger partial charge in [-0.1, -0.05) is 11.8 Å². The predicted molar refractivity (Wildman–Crippen MR) is 68.0 cm³/mol. The number of carbonyl (C=O) groups is 1. The summed E-state index contributed by atoms with van der Waals surface area (Å²) in [6.07, 6.45) is 2.72. The van der Waals surface area contributed by atoms with Gasteiger partial charge >= 0.3 is 0 Å². The van der Waals surface area contributed by atoms with Gasteiger partial charge in [-0.05, 0) is 25.0 Å². The second-order valence-electron chi connectivity index (χ2n) is 4.09. The van der Waals surface area contributed by atoms with Crippen molar-refractivity contribution in [2.45, 2.75) is 25.3 Å². The van der Waals surface area contributed by atoms with Crippen LogP contribution >= 0.6 is 11.3 Å². The van der Waals surface area contributed by atoms with Crippen molar-refractivity contribution in [1.82, 2.24) is 4.90 Å². The molecular weight excluding hydrogens is 234 g/mol. The number of aliphatic hydroxyl groups excluding tert-OH is 1. The molecule has 3 nitrogen and oxygen atoms in total. The molecule has 90 valence electrons. The smallest absolute Gasteiger partial charge is 0.263 e. The van der Waals surface area contributed by atoms with Gasteiger partial charge in [0.2, 0.25) is 0 Å². The van der Waals surface area contributed by atoms with Crippen LogP contribution in [0.1, 0.15) is 33.8 Å². The molecule has 0 unspecified atom stereocenters. The molecule has 1 heterocycles. The summed E-state index contributed by atoms with van der Waals surface area (Å²) in [6, 6.07) is 4.13. The average molecular weight is 249 g/mol. The zero-order chi connectivity index (χ0) is 12.3. The third-order valence-electron chi connectivity index (χ3n) is 2.68. The maximum Gasteiger partial charge on any atom is 0.263 e. The Morgan fingerprint density at radius 3 is 3.00 bits per heavy atom. The van der Waals surface area contributed by atoms with Crippen LogP contribution in [0.15, 0.2) is 12.1 Å². The van der Waals surface area contributed by atoms with Crippen LogP contribution in [0, 0.1) is 11.8 Å². The molecule has 1 aromatic heterocycles. The van der Waals surface area contributed by atoms with E-state index in [4.69, 9.17) is 5.11 Å². The SMILES string of the molecule is CN(C(=O)c1ccc(C#CCCO)s1)C1CC1. The Bertz CT molecular complexity index is 465. The lowest BCUT2D eigenvalue weighted by Gasteiger charge is -2.14. The molecule has 0 aromatic carbocycles. The Morgan fingerprint density at radius 2 is 2.35 bits per heavy atom. The van der Waals surface area contributed by atoms with E-state index in [1.54, 1.807) is 0 Å². The number of carbonyl (C=O) groups excluding carboxylic acids is 1. The molecule has 2 rings (SSSR count). The summed E-state index contributed by atoms with van der Waals surface area (Å²) in [5.74, 6) is 5.89. The number of thiophene rings is 1. The van der Waals surface area contributed by atoms with Crippen LogP contribution in [0.25, 0.3) is 0 Å². The van der Waals surface area contributed by atoms with E-state index in [0.29, 0.717) is 12.5 Å². The van der Waals surface area contributed by atoms with Gasteiger partial charge in [-0.2, -0.15) is 0 Å². The third-order valence-corrected chi connectivity index (χ3v) is 3.67. The van der Waals surface area contributed by atoms with Crippen molar-refractivity contribution in [3.05, 3.63) is 21.9 Å². The van der Waals surface area contributed by atoms with Crippen molar-refractivity contribution in [3.8, 4) is 11.8 Å². The van der Waals surface area contributed by atoms with E-state index in [1.807, 2.05) is 24.1 Å². The number of hydrogen-bond acceptors (Lipinski definition) is 3. The lowest BCUT2D eigenvalue weighted by molar-refractivity contribution is 0.0790. The highest BCUT2D eigenvalue weighted by molar-refractivity contribution is 7.14. The Morgan fingerprint density at radius 1 is 1.59 bits per heavy atom. The maximum absolute atomic E-state index is 12.0. The van der Waals surface area contributed by atoms with E-state index in [2.05, 4.69) is 11.8 Å². The Kier molecular flexibility index (Phi) is 3.82. The van der Waals surface area contributed by atoms with Gasteiger partial charge in [-0.15, -0.1) is 11.3 Å². The number of rotatable bonds is 3. The molecular formula is C13H15NO2S. The maximum atomic E-state index is 12.0. The van der Waals surface area contributed by atoms with E-state index in [9.17, 15) is 4.79 Å². The van der Waals surface area contributed by atoms with Crippen LogP contribution in [0.2, 0.25) is 0 Å². The molecule has 0 saturated heterocycles. The highest BCUT2D eigenvalue weighted by Crippen LogP contribution is 2.28. The van der Waals surface area contributed by atoms with Gasteiger partial charge in [-0.3, -0.25) is 4.79 Å². The van der Waals surface area contributed by atoms with E-state index in [1.165, 1.54) is 11.3 Å². The van der Waals surface area contributed by atoms with Crippen molar-refractivity contribution in [3.63, 3.8) is 0 Å². The van der Waals surface area contributed by atoms with Crippen molar-refractivity contribution in [2.75, 3.05) is 13.7 Å². The molecule has 0 atom stereocenters. The molecule has 1 saturated carbocycles. The summed E-state index contributed by atoms with van der Waals surface area (Å²) in [5.41, 5.74) is 0. The fourth-order valence-corrected chi connectivity index (χ4v) is 2.39. The van der Waals surface area contributed by atoms with Crippen LogP contribution in [-0.2, 0) is 0 Å². The number of hydrogen-bond donors (Lipinski definition) is 1. The number of nitrogens with zero attached hydrogens (tertiary/aromatic N) is 1. The fourth-order valence-electron chi connectivity index (χ4n) is 1.53. The molecule has 0 aliphatic heterocycles. The zero-order valence-electron chi connectivity index (χ0n) is 9.77. The van der Waals surface area contributed by atoms with Crippen molar-refractivity contribution in [2.24, 2.45) is 0 Å². The first-order valence-electron chi connectivity index (χ1n) is 5.69. The first kappa shape index (κ1) is 12.2. The number of aliphatic hydroxyl groups is 1. The largest absolute Gasteiger partial charge is 0.395 e. The molecule has 1 aliphatic carbocycles. The van der Waals surface area contributed by atoms with Crippen LogP contribution in [-0.4, -0.2) is 35.6 Å². The highest BCUT2D eigenvalue weighted by atomic mass is 32.1. The van der Waals surface area contributed by atoms with Crippen LogP contribution < -0.4 is 0 Å². The predicted octanol–water partition coefficient (Wildman–Crippen LogP) is 1.72. The van der Waals surface area contributed by atoms with Crippen LogP contribution in [0.4, 0.5) is 0 Å². The van der Waals surface area contributed by atoms with Crippen molar-refractivity contribution >= 4 is 17.2 Å². The third kappa shape index (κ3) is 3.09. The van der Waals surface area contributed by atoms with E-state index in [-0.39, 0.29) is 12.5 Å². The normalized spacial score (nSPS) is 14.0. The first-order chi connectivity index (χ1) is 8.22. The minimum atomic E-state index is 0.0780. The molecule has 0 spiro atoms. The van der Waals surface area contributed by atoms with Gasteiger partial charge in [-0.25, -0.2) is 0 Å². The fraction of sp³-hybridized carbons (Fsp3) is 0.462. The van der Waals surface area contributed by atoms with Gasteiger partial charge < -0.3 is 10.0 Å². The summed E-state index contributed by atoms with van der Waals surface area (Å²) in [4.78, 5) is 15.5. The number of amides is 1. The van der Waals surface area contributed by atoms with Gasteiger partial charge in [0.15, 0.2) is 0 Å². The lowest BCUT2D eigenvalue weighted by atomic mass is 10.3. The second kappa shape index (κ2) is 5.35. The van der Waals surface area contributed by atoms with Gasteiger partial charge in [0.25, 0.3) is 5.91 Å². The molecule has 1 aliphatic rings. The molecule has 17 heavy (non-hydrogen) atoms. The van der Waals surface area contributed by atoms with E-state index < -0.39 is 0 Å². The van der Waals surface area contributed by atoms with Gasteiger partial charge in [0.1, 0.15) is 0 Å². The Balaban J connectivity index is 2.02. The Hall–Kier alpha value is -1.31. The Labute approximate surface area is 105 Å². The molecule has 4 heteroatoms. The summed E-state index contributed by atoms with van der Waals surface area (Å²) in [7, 11) is 1.86. The standard InChI is InChI=1S/C13H15NO2S/c1-14(10-5-6-10)13(16)12-8-7-11(17-12)4-2-3-9-15/h7-8,10,15H,3,5-6,9H2,1H3. The minimum Gasteiger partial charge on any atom is -0.395 e. The summed E-state index contributed by atoms with van der Waals surface area (Å²) >= 11 is 1.42. The lowest BCUT2D eigenvalue weighted by Crippen LogP contribution is -2.27. The average Bonchev–Trinajstić information content (AvgIpc) is 3.08. The first-order valence-corrected chi connectivity index (χ1v) is 6.50. The van der Waals surface area contributed by atoms with E-state index in [0.717, 1.165) is 22.6 Å². The van der Waals surface area contributed by atoms with E-state index >= 15 is 0 Å². The summed E-state index contributed by atoms with van der Waals surface area (Å²) < 4.78 is 0. The summed E-state index contributed by atoms with van der Waals surface area (Å²) in [6.45, 7) is 0.0780. The quantitative estimate of drug-likeness (QED) is 0.829. The molecule has 1 amide bonds. The molecule has 1 N–H and O–H groups in total. The molecule has 0 radical (unpaired) electrons. The highest BCUT2D eigenvalue weighted by Gasteiger charge is 2.30. The zero-order valence-corrected chi connectivity index (χ0v) is 10.6. The summed E-state index contributed by atoms with van der Waals surface area (Å²) in [5, 5.41) is 8.62. The van der Waals surface area contributed by atoms with Crippen molar-refractivity contribution < 1.29 is 9.90 Å². The monoisotopic (exact) mass is 249 g/mol. The molecule has 1 aromatic rings. The van der Waals surface area contributed by atoms with Gasteiger partial charge in [0.05, 0.1) is 16.4 Å². The van der Waals surface area contributed by atoms with Crippen LogP contribution in [0.5, 0.6) is 0 Å².